The fourth-order valence-electron chi connectivity index (χ4n) is 3.49. The van der Waals surface area contributed by atoms with Crippen LogP contribution in [0.2, 0.25) is 0 Å². The lowest BCUT2D eigenvalue weighted by Crippen LogP contribution is -2.13. The molecule has 0 saturated heterocycles. The van der Waals surface area contributed by atoms with E-state index in [-0.39, 0.29) is 5.91 Å². The molecule has 0 aliphatic heterocycles. The van der Waals surface area contributed by atoms with Crippen LogP contribution in [0.25, 0.3) is 22.7 Å². The van der Waals surface area contributed by atoms with Gasteiger partial charge in [-0.25, -0.2) is 4.98 Å². The summed E-state index contributed by atoms with van der Waals surface area (Å²) in [6.45, 7) is 2.37. The number of benzene rings is 3. The molecular formula is C27H21N3O3. The van der Waals surface area contributed by atoms with Crippen LogP contribution in [0.3, 0.4) is 0 Å². The van der Waals surface area contributed by atoms with Gasteiger partial charge in [0.15, 0.2) is 11.2 Å². The average Bonchev–Trinajstić information content (AvgIpc) is 3.29. The highest BCUT2D eigenvalue weighted by atomic mass is 16.5. The van der Waals surface area contributed by atoms with Crippen LogP contribution in [0.5, 0.6) is 5.75 Å². The predicted molar refractivity (Wildman–Crippen MR) is 127 cm³/mol. The van der Waals surface area contributed by atoms with Gasteiger partial charge in [-0.15, -0.1) is 0 Å². The summed E-state index contributed by atoms with van der Waals surface area (Å²) >= 11 is 0. The van der Waals surface area contributed by atoms with E-state index >= 15 is 0 Å². The van der Waals surface area contributed by atoms with E-state index in [1.165, 1.54) is 0 Å². The minimum absolute atomic E-state index is 0.206. The maximum Gasteiger partial charge on any atom is 0.255 e. The number of nitrogens with zero attached hydrogens (tertiary/aromatic N) is 2. The zero-order valence-electron chi connectivity index (χ0n) is 18.0. The largest absolute Gasteiger partial charge is 0.489 e. The lowest BCUT2D eigenvalue weighted by molar-refractivity contribution is 0.102. The third kappa shape index (κ3) is 4.60. The number of fused-ring (bicyclic) bond motifs is 1. The number of oxazole rings is 1. The van der Waals surface area contributed by atoms with E-state index in [0.29, 0.717) is 40.7 Å². The van der Waals surface area contributed by atoms with Crippen LogP contribution in [0.1, 0.15) is 21.5 Å². The minimum Gasteiger partial charge on any atom is -0.489 e. The number of aromatic nitrogens is 2. The van der Waals surface area contributed by atoms with Crippen LogP contribution in [0.15, 0.2) is 95.5 Å². The van der Waals surface area contributed by atoms with Crippen molar-refractivity contribution in [3.05, 3.63) is 108 Å². The van der Waals surface area contributed by atoms with Crippen molar-refractivity contribution in [1.82, 2.24) is 9.97 Å². The lowest BCUT2D eigenvalue weighted by Gasteiger charge is -2.11. The molecule has 0 radical (unpaired) electrons. The van der Waals surface area contributed by atoms with Crippen molar-refractivity contribution in [1.29, 1.82) is 0 Å². The van der Waals surface area contributed by atoms with Crippen molar-refractivity contribution >= 4 is 22.8 Å². The second-order valence-corrected chi connectivity index (χ2v) is 7.63. The Kier molecular flexibility index (Phi) is 5.55. The number of aryl methyl sites for hydroxylation is 1. The topological polar surface area (TPSA) is 77.3 Å². The molecule has 0 saturated carbocycles. The van der Waals surface area contributed by atoms with Gasteiger partial charge in [-0.05, 0) is 66.6 Å². The quantitative estimate of drug-likeness (QED) is 0.352. The van der Waals surface area contributed by atoms with E-state index in [2.05, 4.69) is 15.3 Å². The molecule has 0 bridgehead atoms. The fraction of sp³-hybridized carbons (Fsp3) is 0.0741. The van der Waals surface area contributed by atoms with Crippen molar-refractivity contribution in [3.63, 3.8) is 0 Å². The Labute approximate surface area is 190 Å². The molecular weight excluding hydrogens is 414 g/mol. The van der Waals surface area contributed by atoms with Gasteiger partial charge in [-0.3, -0.25) is 4.79 Å². The first-order valence-electron chi connectivity index (χ1n) is 10.6. The second kappa shape index (κ2) is 8.96. The van der Waals surface area contributed by atoms with Crippen molar-refractivity contribution < 1.29 is 13.9 Å². The van der Waals surface area contributed by atoms with E-state index in [1.54, 1.807) is 18.3 Å². The minimum atomic E-state index is -0.206. The summed E-state index contributed by atoms with van der Waals surface area (Å²) in [6, 6.07) is 26.4. The normalized spacial score (nSPS) is 10.8. The maximum atomic E-state index is 12.9. The summed E-state index contributed by atoms with van der Waals surface area (Å²) in [5, 5.41) is 2.97. The molecule has 0 aliphatic rings. The number of carbonyl (C=O) groups excluding carboxylic acids is 1. The number of rotatable bonds is 6. The summed E-state index contributed by atoms with van der Waals surface area (Å²) in [7, 11) is 0. The molecule has 6 heteroatoms. The first-order chi connectivity index (χ1) is 16.2. The summed E-state index contributed by atoms with van der Waals surface area (Å²) in [5.74, 6) is 0.929. The first-order valence-corrected chi connectivity index (χ1v) is 10.6. The van der Waals surface area contributed by atoms with Gasteiger partial charge >= 0.3 is 0 Å². The van der Waals surface area contributed by atoms with Gasteiger partial charge in [-0.1, -0.05) is 36.4 Å². The molecule has 0 unspecified atom stereocenters. The van der Waals surface area contributed by atoms with Crippen LogP contribution < -0.4 is 10.1 Å². The average molecular weight is 435 g/mol. The third-order valence-corrected chi connectivity index (χ3v) is 5.23. The van der Waals surface area contributed by atoms with Gasteiger partial charge in [0.1, 0.15) is 12.4 Å². The summed E-state index contributed by atoms with van der Waals surface area (Å²) in [5.41, 5.74) is 5.22. The predicted octanol–water partition coefficient (Wildman–Crippen LogP) is 6.03. The number of amides is 1. The highest BCUT2D eigenvalue weighted by Crippen LogP contribution is 2.27. The van der Waals surface area contributed by atoms with E-state index in [4.69, 9.17) is 9.15 Å². The smallest absolute Gasteiger partial charge is 0.255 e. The van der Waals surface area contributed by atoms with E-state index in [1.807, 2.05) is 79.7 Å². The molecule has 6 nitrogen and oxygen atoms in total. The summed E-state index contributed by atoms with van der Waals surface area (Å²) in [6.07, 6.45) is 1.68. The SMILES string of the molecule is Cc1cc(-c2nc3ncccc3o2)ccc1NC(=O)c1cccc(OCc2ccccc2)c1. The summed E-state index contributed by atoms with van der Waals surface area (Å²) in [4.78, 5) is 21.5. The van der Waals surface area contributed by atoms with Crippen LogP contribution in [-0.4, -0.2) is 15.9 Å². The van der Waals surface area contributed by atoms with Crippen LogP contribution in [-0.2, 0) is 6.61 Å². The monoisotopic (exact) mass is 435 g/mol. The first kappa shape index (κ1) is 20.5. The number of ether oxygens (including phenoxy) is 1. The molecule has 0 aliphatic carbocycles. The highest BCUT2D eigenvalue weighted by molar-refractivity contribution is 6.05. The Morgan fingerprint density at radius 2 is 1.85 bits per heavy atom. The molecule has 33 heavy (non-hydrogen) atoms. The van der Waals surface area contributed by atoms with E-state index < -0.39 is 0 Å². The molecule has 5 rings (SSSR count). The van der Waals surface area contributed by atoms with Crippen molar-refractivity contribution in [2.24, 2.45) is 0 Å². The summed E-state index contributed by atoms with van der Waals surface area (Å²) < 4.78 is 11.6. The van der Waals surface area contributed by atoms with Crippen LogP contribution in [0, 0.1) is 6.92 Å². The van der Waals surface area contributed by atoms with Crippen LogP contribution >= 0.6 is 0 Å². The number of hydrogen-bond acceptors (Lipinski definition) is 5. The number of hydrogen-bond donors (Lipinski definition) is 1. The molecule has 0 fully saturated rings. The Hall–Kier alpha value is -4.45. The van der Waals surface area contributed by atoms with Gasteiger partial charge in [0.05, 0.1) is 0 Å². The molecule has 1 N–H and O–H groups in total. The molecule has 2 heterocycles. The van der Waals surface area contributed by atoms with Gasteiger partial charge in [0, 0.05) is 23.0 Å². The molecule has 1 amide bonds. The van der Waals surface area contributed by atoms with E-state index in [0.717, 1.165) is 16.7 Å². The van der Waals surface area contributed by atoms with E-state index in [9.17, 15) is 4.79 Å². The van der Waals surface area contributed by atoms with Crippen LogP contribution in [0.4, 0.5) is 5.69 Å². The Balaban J connectivity index is 1.29. The molecule has 0 spiro atoms. The zero-order chi connectivity index (χ0) is 22.6. The molecule has 162 valence electrons. The zero-order valence-corrected chi connectivity index (χ0v) is 18.0. The Morgan fingerprint density at radius 1 is 0.970 bits per heavy atom. The van der Waals surface area contributed by atoms with Gasteiger partial charge in [0.25, 0.3) is 5.91 Å². The third-order valence-electron chi connectivity index (χ3n) is 5.23. The molecule has 2 aromatic heterocycles. The van der Waals surface area contributed by atoms with Crippen molar-refractivity contribution in [2.45, 2.75) is 13.5 Å². The number of carbonyl (C=O) groups is 1. The van der Waals surface area contributed by atoms with Gasteiger partial charge < -0.3 is 14.5 Å². The van der Waals surface area contributed by atoms with Gasteiger partial charge in [0.2, 0.25) is 5.89 Å². The Bertz CT molecular complexity index is 1390. The van der Waals surface area contributed by atoms with Crippen molar-refractivity contribution in [3.8, 4) is 17.2 Å². The maximum absolute atomic E-state index is 12.9. The lowest BCUT2D eigenvalue weighted by atomic mass is 10.1. The fourth-order valence-corrected chi connectivity index (χ4v) is 3.49. The number of pyridine rings is 1. The van der Waals surface area contributed by atoms with Gasteiger partial charge in [-0.2, -0.15) is 4.98 Å². The second-order valence-electron chi connectivity index (χ2n) is 7.63. The molecule has 3 aromatic carbocycles. The Morgan fingerprint density at radius 3 is 2.67 bits per heavy atom. The van der Waals surface area contributed by atoms with Crippen molar-refractivity contribution in [2.75, 3.05) is 5.32 Å². The molecule has 0 atom stereocenters. The number of anilines is 1. The standard InChI is InChI=1S/C27H21N3O3/c1-18-15-21(27-30-25-24(33-27)11-6-14-28-25)12-13-23(18)29-26(31)20-9-5-10-22(16-20)32-17-19-7-3-2-4-8-19/h2-16H,17H2,1H3,(H,29,31). The highest BCUT2D eigenvalue weighted by Gasteiger charge is 2.13. The molecule has 5 aromatic rings. The number of nitrogens with one attached hydrogen (secondary N) is 1.